The van der Waals surface area contributed by atoms with Crippen LogP contribution in [0.3, 0.4) is 0 Å². The van der Waals surface area contributed by atoms with Crippen LogP contribution < -0.4 is 15.0 Å². The van der Waals surface area contributed by atoms with E-state index < -0.39 is 5.60 Å². The van der Waals surface area contributed by atoms with Crippen molar-refractivity contribution in [3.8, 4) is 11.5 Å². The van der Waals surface area contributed by atoms with Crippen molar-refractivity contribution in [3.05, 3.63) is 64.7 Å². The Morgan fingerprint density at radius 3 is 2.58 bits per heavy atom. The number of pyridine rings is 2. The minimum atomic E-state index is -0.579. The van der Waals surface area contributed by atoms with Crippen LogP contribution in [0.4, 0.5) is 4.79 Å². The number of hydrogen-bond acceptors (Lipinski definition) is 7. The lowest BCUT2D eigenvalue weighted by molar-refractivity contribution is 0.00562. The normalized spacial score (nSPS) is 16.4. The smallest absolute Gasteiger partial charge is 0.410 e. The lowest BCUT2D eigenvalue weighted by atomic mass is 10.0. The number of ether oxygens (including phenoxy) is 3. The van der Waals surface area contributed by atoms with Gasteiger partial charge >= 0.3 is 6.09 Å². The van der Waals surface area contributed by atoms with Crippen molar-refractivity contribution in [2.24, 2.45) is 0 Å². The van der Waals surface area contributed by atoms with E-state index in [1.807, 2.05) is 60.6 Å². The molecule has 0 radical (unpaired) electrons. The molecule has 9 heteroatoms. The fourth-order valence-corrected chi connectivity index (χ4v) is 5.12. The summed E-state index contributed by atoms with van der Waals surface area (Å²) in [5.74, 6) is 1.45. The van der Waals surface area contributed by atoms with Crippen LogP contribution in [0.15, 0.2) is 53.6 Å². The van der Waals surface area contributed by atoms with Crippen molar-refractivity contribution < 1.29 is 19.0 Å². The number of nitrogens with zero attached hydrogens (tertiary/aromatic N) is 4. The Morgan fingerprint density at radius 1 is 1.05 bits per heavy atom. The van der Waals surface area contributed by atoms with Crippen LogP contribution in [-0.2, 0) is 17.8 Å². The number of carbonyl (C=O) groups is 1. The second kappa shape index (κ2) is 11.0. The molecule has 2 aliphatic heterocycles. The predicted octanol–water partition coefficient (Wildman–Crippen LogP) is 4.07. The van der Waals surface area contributed by atoms with Crippen LogP contribution in [0.25, 0.3) is 10.9 Å². The highest BCUT2D eigenvalue weighted by Crippen LogP contribution is 2.32. The number of carbonyl (C=O) groups excluding carboxylic acids is 1. The second-order valence-corrected chi connectivity index (χ2v) is 10.9. The van der Waals surface area contributed by atoms with E-state index in [1.165, 1.54) is 0 Å². The number of amides is 1. The molecule has 1 saturated heterocycles. The molecule has 1 aromatic carbocycles. The zero-order valence-electron chi connectivity index (χ0n) is 22.4. The highest BCUT2D eigenvalue weighted by atomic mass is 16.6. The highest BCUT2D eigenvalue weighted by Gasteiger charge is 2.31. The molecule has 1 amide bonds. The number of hydrogen-bond donors (Lipinski definition) is 0. The molecule has 38 heavy (non-hydrogen) atoms. The molecule has 0 N–H and O–H groups in total. The monoisotopic (exact) mass is 520 g/mol. The fourth-order valence-electron chi connectivity index (χ4n) is 5.12. The molecule has 3 aromatic rings. The maximum absolute atomic E-state index is 13.3. The Morgan fingerprint density at radius 2 is 1.82 bits per heavy atom. The van der Waals surface area contributed by atoms with Gasteiger partial charge in [-0.1, -0.05) is 6.07 Å². The molecule has 202 valence electrons. The summed E-state index contributed by atoms with van der Waals surface area (Å²) in [4.78, 5) is 34.2. The molecule has 0 spiro atoms. The van der Waals surface area contributed by atoms with Gasteiger partial charge in [0.25, 0.3) is 5.56 Å². The summed E-state index contributed by atoms with van der Waals surface area (Å²) in [7, 11) is 0. The van der Waals surface area contributed by atoms with Crippen molar-refractivity contribution in [1.29, 1.82) is 0 Å². The lowest BCUT2D eigenvalue weighted by Gasteiger charge is -2.39. The lowest BCUT2D eigenvalue weighted by Crippen LogP contribution is -2.49. The Labute approximate surface area is 222 Å². The summed E-state index contributed by atoms with van der Waals surface area (Å²) in [5.41, 5.74) is 1.30. The Hall–Kier alpha value is -3.59. The van der Waals surface area contributed by atoms with E-state index in [2.05, 4.69) is 9.88 Å². The van der Waals surface area contributed by atoms with Crippen LogP contribution in [0.2, 0.25) is 0 Å². The molecule has 1 fully saturated rings. The molecule has 5 rings (SSSR count). The first kappa shape index (κ1) is 26.0. The highest BCUT2D eigenvalue weighted by molar-refractivity contribution is 5.77. The minimum Gasteiger partial charge on any atom is -0.486 e. The first-order valence-electron chi connectivity index (χ1n) is 13.3. The molecular formula is C29H36N4O5. The topological polar surface area (TPSA) is 86.1 Å². The van der Waals surface area contributed by atoms with Crippen molar-refractivity contribution in [3.63, 3.8) is 0 Å². The predicted molar refractivity (Wildman–Crippen MR) is 145 cm³/mol. The standard InChI is InChI=1S/C29H36N4O5/c1-29(2,3)38-28(35)33(20-21-4-6-25-26(18-21)37-17-16-36-25)23-9-12-31(13-10-23)14-15-32-24-8-11-30-19-22(24)5-7-27(32)34/h4-8,11,18-19,23H,9-10,12-17,20H2,1-3H3. The Kier molecular flexibility index (Phi) is 7.56. The van der Waals surface area contributed by atoms with Gasteiger partial charge in [0.2, 0.25) is 0 Å². The third-order valence-electron chi connectivity index (χ3n) is 7.02. The van der Waals surface area contributed by atoms with Gasteiger partial charge in [-0.15, -0.1) is 0 Å². The second-order valence-electron chi connectivity index (χ2n) is 10.9. The number of likely N-dealkylation sites (tertiary alicyclic amines) is 1. The molecule has 2 aromatic heterocycles. The summed E-state index contributed by atoms with van der Waals surface area (Å²) in [6.45, 7) is 10.2. The largest absolute Gasteiger partial charge is 0.486 e. The van der Waals surface area contributed by atoms with E-state index in [4.69, 9.17) is 14.2 Å². The first-order chi connectivity index (χ1) is 18.3. The van der Waals surface area contributed by atoms with Gasteiger partial charge in [-0.3, -0.25) is 9.78 Å². The number of rotatable bonds is 6. The number of benzene rings is 1. The number of piperidine rings is 1. The molecule has 0 aliphatic carbocycles. The number of aromatic nitrogens is 2. The number of fused-ring (bicyclic) bond motifs is 2. The molecule has 9 nitrogen and oxygen atoms in total. The van der Waals surface area contributed by atoms with E-state index in [9.17, 15) is 9.59 Å². The third kappa shape index (κ3) is 6.10. The summed E-state index contributed by atoms with van der Waals surface area (Å²) >= 11 is 0. The zero-order valence-corrected chi connectivity index (χ0v) is 22.4. The Bertz CT molecular complexity index is 1340. The van der Waals surface area contributed by atoms with Gasteiger partial charge in [0.1, 0.15) is 18.8 Å². The van der Waals surface area contributed by atoms with Crippen molar-refractivity contribution >= 4 is 17.0 Å². The van der Waals surface area contributed by atoms with Crippen LogP contribution >= 0.6 is 0 Å². The molecule has 2 aliphatic rings. The summed E-state index contributed by atoms with van der Waals surface area (Å²) < 4.78 is 19.0. The average molecular weight is 521 g/mol. The van der Waals surface area contributed by atoms with Gasteiger partial charge in [-0.2, -0.15) is 0 Å². The van der Waals surface area contributed by atoms with Gasteiger partial charge in [0, 0.05) is 62.6 Å². The van der Waals surface area contributed by atoms with Crippen molar-refractivity contribution in [2.45, 2.75) is 58.3 Å². The van der Waals surface area contributed by atoms with E-state index in [1.54, 1.807) is 18.5 Å². The van der Waals surface area contributed by atoms with E-state index in [0.29, 0.717) is 32.1 Å². The Balaban J connectivity index is 1.25. The van der Waals surface area contributed by atoms with Gasteiger partial charge in [0.15, 0.2) is 11.5 Å². The van der Waals surface area contributed by atoms with E-state index in [0.717, 1.165) is 54.7 Å². The quantitative estimate of drug-likeness (QED) is 0.484. The van der Waals surface area contributed by atoms with Crippen LogP contribution in [0.1, 0.15) is 39.2 Å². The SMILES string of the molecule is CC(C)(C)OC(=O)N(Cc1ccc2c(c1)OCCO2)C1CCN(CCn2c(=O)ccc3cnccc32)CC1. The third-order valence-corrected chi connectivity index (χ3v) is 7.02. The molecule has 0 atom stereocenters. The minimum absolute atomic E-state index is 0.00545. The summed E-state index contributed by atoms with van der Waals surface area (Å²) in [6, 6.07) is 11.2. The average Bonchev–Trinajstić information content (AvgIpc) is 2.90. The maximum atomic E-state index is 13.3. The van der Waals surface area contributed by atoms with E-state index >= 15 is 0 Å². The van der Waals surface area contributed by atoms with Crippen LogP contribution in [0, 0.1) is 0 Å². The van der Waals surface area contributed by atoms with Gasteiger partial charge in [-0.05, 0) is 63.4 Å². The van der Waals surface area contributed by atoms with Crippen LogP contribution in [-0.4, -0.2) is 69.9 Å². The van der Waals surface area contributed by atoms with E-state index in [-0.39, 0.29) is 17.7 Å². The van der Waals surface area contributed by atoms with Crippen molar-refractivity contribution in [2.75, 3.05) is 32.8 Å². The molecule has 0 saturated carbocycles. The van der Waals surface area contributed by atoms with Crippen LogP contribution in [0.5, 0.6) is 11.5 Å². The van der Waals surface area contributed by atoms with Gasteiger partial charge in [0.05, 0.1) is 5.52 Å². The van der Waals surface area contributed by atoms with Gasteiger partial charge in [-0.25, -0.2) is 4.79 Å². The molecule has 0 unspecified atom stereocenters. The maximum Gasteiger partial charge on any atom is 0.410 e. The first-order valence-corrected chi connectivity index (χ1v) is 13.3. The molecule has 0 bridgehead atoms. The van der Waals surface area contributed by atoms with Crippen molar-refractivity contribution in [1.82, 2.24) is 19.4 Å². The fraction of sp³-hybridized carbons (Fsp3) is 0.483. The molecule has 4 heterocycles. The van der Waals surface area contributed by atoms with Gasteiger partial charge < -0.3 is 28.6 Å². The summed E-state index contributed by atoms with van der Waals surface area (Å²) in [5, 5.41) is 0.956. The summed E-state index contributed by atoms with van der Waals surface area (Å²) in [6.07, 6.45) is 4.86. The molecular weight excluding hydrogens is 484 g/mol. The zero-order chi connectivity index (χ0) is 26.7.